The SMILES string of the molecule is CC(C)(C)NCC(=O)C1C=CC(F)=C(N)C1F. The predicted octanol–water partition coefficient (Wildman–Crippen LogP) is 1.61. The Morgan fingerprint density at radius 1 is 1.53 bits per heavy atom. The van der Waals surface area contributed by atoms with Crippen LogP contribution >= 0.6 is 0 Å². The molecule has 3 nitrogen and oxygen atoms in total. The van der Waals surface area contributed by atoms with Gasteiger partial charge in [0, 0.05) is 5.54 Å². The molecule has 5 heteroatoms. The second-order valence-corrected chi connectivity index (χ2v) is 5.16. The van der Waals surface area contributed by atoms with E-state index in [-0.39, 0.29) is 17.9 Å². The fourth-order valence-electron chi connectivity index (χ4n) is 1.45. The highest BCUT2D eigenvalue weighted by Crippen LogP contribution is 2.25. The van der Waals surface area contributed by atoms with Crippen molar-refractivity contribution < 1.29 is 13.6 Å². The monoisotopic (exact) mass is 244 g/mol. The molecule has 0 saturated heterocycles. The molecule has 0 bridgehead atoms. The summed E-state index contributed by atoms with van der Waals surface area (Å²) in [6, 6.07) is 0. The average Bonchev–Trinajstić information content (AvgIpc) is 2.22. The van der Waals surface area contributed by atoms with Crippen molar-refractivity contribution in [2.75, 3.05) is 6.54 Å². The van der Waals surface area contributed by atoms with Crippen molar-refractivity contribution >= 4 is 5.78 Å². The van der Waals surface area contributed by atoms with Gasteiger partial charge in [-0.25, -0.2) is 8.78 Å². The Labute approximate surface area is 99.8 Å². The summed E-state index contributed by atoms with van der Waals surface area (Å²) in [6.07, 6.45) is 0.503. The molecule has 2 atom stereocenters. The maximum atomic E-state index is 13.6. The van der Waals surface area contributed by atoms with Gasteiger partial charge in [0.05, 0.1) is 18.2 Å². The zero-order valence-electron chi connectivity index (χ0n) is 10.3. The fourth-order valence-corrected chi connectivity index (χ4v) is 1.45. The third-order valence-corrected chi connectivity index (χ3v) is 2.50. The van der Waals surface area contributed by atoms with Crippen molar-refractivity contribution in [2.24, 2.45) is 11.7 Å². The molecule has 2 unspecified atom stereocenters. The van der Waals surface area contributed by atoms with E-state index in [1.54, 1.807) is 0 Å². The molecule has 0 fully saturated rings. The summed E-state index contributed by atoms with van der Waals surface area (Å²) in [5.74, 6) is -2.13. The van der Waals surface area contributed by atoms with E-state index in [2.05, 4.69) is 5.32 Å². The summed E-state index contributed by atoms with van der Waals surface area (Å²) in [7, 11) is 0. The normalized spacial score (nSPS) is 25.2. The zero-order valence-corrected chi connectivity index (χ0v) is 10.3. The molecule has 0 aromatic carbocycles. The minimum absolute atomic E-state index is 0.0355. The molecule has 0 aromatic rings. The van der Waals surface area contributed by atoms with Crippen molar-refractivity contribution in [3.63, 3.8) is 0 Å². The van der Waals surface area contributed by atoms with Gasteiger partial charge >= 0.3 is 0 Å². The first kappa shape index (κ1) is 13.8. The van der Waals surface area contributed by atoms with Gasteiger partial charge in [-0.2, -0.15) is 0 Å². The molecule has 0 heterocycles. The third-order valence-electron chi connectivity index (χ3n) is 2.50. The first-order valence-electron chi connectivity index (χ1n) is 5.47. The van der Waals surface area contributed by atoms with Gasteiger partial charge < -0.3 is 11.1 Å². The molecule has 0 saturated carbocycles. The van der Waals surface area contributed by atoms with Crippen molar-refractivity contribution in [1.82, 2.24) is 5.32 Å². The largest absolute Gasteiger partial charge is 0.397 e. The lowest BCUT2D eigenvalue weighted by Gasteiger charge is -2.24. The second-order valence-electron chi connectivity index (χ2n) is 5.16. The number of halogens is 2. The summed E-state index contributed by atoms with van der Waals surface area (Å²) >= 11 is 0. The van der Waals surface area contributed by atoms with Crippen LogP contribution in [-0.2, 0) is 4.79 Å². The van der Waals surface area contributed by atoms with E-state index in [9.17, 15) is 13.6 Å². The minimum atomic E-state index is -1.77. The Kier molecular flexibility index (Phi) is 4.03. The Morgan fingerprint density at radius 3 is 2.65 bits per heavy atom. The second kappa shape index (κ2) is 4.96. The third kappa shape index (κ3) is 3.63. The molecule has 17 heavy (non-hydrogen) atoms. The van der Waals surface area contributed by atoms with Crippen LogP contribution in [0.4, 0.5) is 8.78 Å². The van der Waals surface area contributed by atoms with Crippen LogP contribution in [0.1, 0.15) is 20.8 Å². The summed E-state index contributed by atoms with van der Waals surface area (Å²) < 4.78 is 26.6. The average molecular weight is 244 g/mol. The smallest absolute Gasteiger partial charge is 0.156 e. The van der Waals surface area contributed by atoms with Gasteiger partial charge in [-0.15, -0.1) is 0 Å². The molecule has 0 aliphatic heterocycles. The molecule has 96 valence electrons. The van der Waals surface area contributed by atoms with Crippen molar-refractivity contribution in [3.05, 3.63) is 23.7 Å². The van der Waals surface area contributed by atoms with E-state index in [1.807, 2.05) is 20.8 Å². The van der Waals surface area contributed by atoms with Crippen LogP contribution in [0.2, 0.25) is 0 Å². The Morgan fingerprint density at radius 2 is 2.12 bits per heavy atom. The standard InChI is InChI=1S/C12H18F2N2O/c1-12(2,3)16-6-9(17)7-4-5-8(13)11(15)10(7)14/h4-5,7,10,16H,6,15H2,1-3H3. The molecular formula is C12H18F2N2O. The number of carbonyl (C=O) groups is 1. The van der Waals surface area contributed by atoms with Crippen LogP contribution in [0.5, 0.6) is 0 Å². The van der Waals surface area contributed by atoms with Crippen LogP contribution in [-0.4, -0.2) is 24.0 Å². The van der Waals surface area contributed by atoms with Crippen LogP contribution in [0.15, 0.2) is 23.7 Å². The van der Waals surface area contributed by atoms with E-state index in [4.69, 9.17) is 5.73 Å². The fraction of sp³-hybridized carbons (Fsp3) is 0.583. The Bertz CT molecular complexity index is 369. The van der Waals surface area contributed by atoms with Crippen LogP contribution in [0.3, 0.4) is 0 Å². The maximum absolute atomic E-state index is 13.6. The minimum Gasteiger partial charge on any atom is -0.397 e. The van der Waals surface area contributed by atoms with Gasteiger partial charge in [-0.05, 0) is 26.8 Å². The van der Waals surface area contributed by atoms with Crippen molar-refractivity contribution in [3.8, 4) is 0 Å². The topological polar surface area (TPSA) is 55.1 Å². The van der Waals surface area contributed by atoms with Gasteiger partial charge in [0.2, 0.25) is 0 Å². The van der Waals surface area contributed by atoms with Gasteiger partial charge in [0.15, 0.2) is 12.0 Å². The first-order chi connectivity index (χ1) is 7.72. The molecule has 1 rings (SSSR count). The highest BCUT2D eigenvalue weighted by molar-refractivity contribution is 5.86. The number of nitrogens with one attached hydrogen (secondary N) is 1. The van der Waals surface area contributed by atoms with Crippen LogP contribution < -0.4 is 11.1 Å². The molecule has 0 radical (unpaired) electrons. The molecule has 0 amide bonds. The molecule has 0 spiro atoms. The van der Waals surface area contributed by atoms with Crippen molar-refractivity contribution in [1.29, 1.82) is 0 Å². The van der Waals surface area contributed by atoms with Gasteiger partial charge in [-0.1, -0.05) is 6.08 Å². The van der Waals surface area contributed by atoms with Crippen molar-refractivity contribution in [2.45, 2.75) is 32.5 Å². The van der Waals surface area contributed by atoms with E-state index in [0.29, 0.717) is 0 Å². The Balaban J connectivity index is 2.64. The number of allylic oxidation sites excluding steroid dienone is 4. The van der Waals surface area contributed by atoms with E-state index < -0.39 is 23.6 Å². The summed E-state index contributed by atoms with van der Waals surface area (Å²) in [4.78, 5) is 11.8. The number of nitrogens with two attached hydrogens (primary N) is 1. The van der Waals surface area contributed by atoms with Gasteiger partial charge in [0.1, 0.15) is 5.83 Å². The lowest BCUT2D eigenvalue weighted by Crippen LogP contribution is -2.43. The number of alkyl halides is 1. The molecule has 1 aliphatic carbocycles. The predicted molar refractivity (Wildman–Crippen MR) is 62.6 cm³/mol. The van der Waals surface area contributed by atoms with Crippen LogP contribution in [0.25, 0.3) is 0 Å². The highest BCUT2D eigenvalue weighted by atomic mass is 19.1. The lowest BCUT2D eigenvalue weighted by molar-refractivity contribution is -0.122. The zero-order chi connectivity index (χ0) is 13.2. The van der Waals surface area contributed by atoms with Crippen LogP contribution in [0, 0.1) is 5.92 Å². The van der Waals surface area contributed by atoms with E-state index in [0.717, 1.165) is 6.08 Å². The number of rotatable bonds is 3. The summed E-state index contributed by atoms with van der Waals surface area (Å²) in [5.41, 5.74) is 4.51. The summed E-state index contributed by atoms with van der Waals surface area (Å²) in [5, 5.41) is 2.96. The molecule has 3 N–H and O–H groups in total. The number of hydrogen-bond acceptors (Lipinski definition) is 3. The summed E-state index contributed by atoms with van der Waals surface area (Å²) in [6.45, 7) is 5.74. The number of ketones is 1. The molecule has 0 aromatic heterocycles. The number of Topliss-reactive ketones (excluding diaryl/α,β-unsaturated/α-hetero) is 1. The van der Waals surface area contributed by atoms with E-state index in [1.165, 1.54) is 6.08 Å². The number of carbonyl (C=O) groups excluding carboxylic acids is 1. The van der Waals surface area contributed by atoms with Gasteiger partial charge in [0.25, 0.3) is 0 Å². The maximum Gasteiger partial charge on any atom is 0.156 e. The lowest BCUT2D eigenvalue weighted by atomic mass is 9.91. The highest BCUT2D eigenvalue weighted by Gasteiger charge is 2.32. The number of hydrogen-bond donors (Lipinski definition) is 2. The quantitative estimate of drug-likeness (QED) is 0.793. The molecular weight excluding hydrogens is 226 g/mol. The van der Waals surface area contributed by atoms with E-state index >= 15 is 0 Å². The van der Waals surface area contributed by atoms with Gasteiger partial charge in [-0.3, -0.25) is 4.79 Å². The Hall–Kier alpha value is -1.23. The molecule has 1 aliphatic rings. The first-order valence-corrected chi connectivity index (χ1v) is 5.47.